The molecule has 0 saturated heterocycles. The summed E-state index contributed by atoms with van der Waals surface area (Å²) in [5.41, 5.74) is 1.31. The Morgan fingerprint density at radius 3 is 2.60 bits per heavy atom. The van der Waals surface area contributed by atoms with E-state index in [0.29, 0.717) is 11.8 Å². The molecule has 0 aliphatic heterocycles. The highest BCUT2D eigenvalue weighted by atomic mass is 35.5. The highest BCUT2D eigenvalue weighted by Gasteiger charge is 2.25. The molecule has 1 fully saturated rings. The third kappa shape index (κ3) is 2.68. The minimum Gasteiger partial charge on any atom is -0.126 e. The van der Waals surface area contributed by atoms with Crippen LogP contribution in [0, 0.1) is 5.92 Å². The fraction of sp³-hybridized carbons (Fsp3) is 0.538. The molecule has 0 bridgehead atoms. The van der Waals surface area contributed by atoms with Crippen molar-refractivity contribution >= 4 is 23.2 Å². The van der Waals surface area contributed by atoms with Gasteiger partial charge in [-0.15, -0.1) is 11.6 Å². The van der Waals surface area contributed by atoms with Gasteiger partial charge in [0.25, 0.3) is 0 Å². The summed E-state index contributed by atoms with van der Waals surface area (Å²) in [6, 6.07) is 8.15. The zero-order chi connectivity index (χ0) is 10.7. The number of halogens is 2. The van der Waals surface area contributed by atoms with Crippen LogP contribution in [-0.2, 0) is 0 Å². The van der Waals surface area contributed by atoms with Crippen LogP contribution in [0.4, 0.5) is 0 Å². The zero-order valence-corrected chi connectivity index (χ0v) is 10.3. The van der Waals surface area contributed by atoms with Crippen molar-refractivity contribution in [1.29, 1.82) is 0 Å². The third-order valence-electron chi connectivity index (χ3n) is 3.41. The van der Waals surface area contributed by atoms with Crippen LogP contribution in [0.5, 0.6) is 0 Å². The SMILES string of the molecule is ClCC(c1cccc(Cl)c1)C1CCCC1. The van der Waals surface area contributed by atoms with Crippen molar-refractivity contribution in [2.75, 3.05) is 5.88 Å². The highest BCUT2D eigenvalue weighted by molar-refractivity contribution is 6.30. The lowest BCUT2D eigenvalue weighted by Crippen LogP contribution is -2.11. The molecule has 1 unspecified atom stereocenters. The summed E-state index contributed by atoms with van der Waals surface area (Å²) in [7, 11) is 0. The molecule has 15 heavy (non-hydrogen) atoms. The minimum atomic E-state index is 0.493. The van der Waals surface area contributed by atoms with E-state index in [2.05, 4.69) is 12.1 Å². The van der Waals surface area contributed by atoms with Crippen molar-refractivity contribution in [2.24, 2.45) is 5.92 Å². The van der Waals surface area contributed by atoms with Crippen molar-refractivity contribution in [1.82, 2.24) is 0 Å². The first kappa shape index (κ1) is 11.3. The Balaban J connectivity index is 2.18. The summed E-state index contributed by atoms with van der Waals surface area (Å²) >= 11 is 12.1. The predicted molar refractivity (Wildman–Crippen MR) is 66.9 cm³/mol. The van der Waals surface area contributed by atoms with E-state index < -0.39 is 0 Å². The van der Waals surface area contributed by atoms with Crippen molar-refractivity contribution in [3.63, 3.8) is 0 Å². The molecule has 82 valence electrons. The molecule has 1 saturated carbocycles. The predicted octanol–water partition coefficient (Wildman–Crippen LogP) is 4.85. The first-order valence-corrected chi connectivity index (χ1v) is 6.54. The molecule has 0 spiro atoms. The zero-order valence-electron chi connectivity index (χ0n) is 8.76. The van der Waals surface area contributed by atoms with Crippen molar-refractivity contribution in [3.8, 4) is 0 Å². The van der Waals surface area contributed by atoms with E-state index in [1.807, 2.05) is 12.1 Å². The average molecular weight is 243 g/mol. The number of alkyl halides is 1. The second-order valence-electron chi connectivity index (χ2n) is 4.36. The van der Waals surface area contributed by atoms with Gasteiger partial charge in [-0.1, -0.05) is 36.6 Å². The second-order valence-corrected chi connectivity index (χ2v) is 5.11. The van der Waals surface area contributed by atoms with E-state index in [9.17, 15) is 0 Å². The van der Waals surface area contributed by atoms with E-state index in [0.717, 1.165) is 10.9 Å². The first-order valence-electron chi connectivity index (χ1n) is 5.62. The molecule has 1 aromatic rings. The van der Waals surface area contributed by atoms with Crippen LogP contribution in [-0.4, -0.2) is 5.88 Å². The molecular weight excluding hydrogens is 227 g/mol. The Bertz CT molecular complexity index is 316. The summed E-state index contributed by atoms with van der Waals surface area (Å²) in [5.74, 6) is 1.97. The summed E-state index contributed by atoms with van der Waals surface area (Å²) < 4.78 is 0. The molecule has 0 heterocycles. The van der Waals surface area contributed by atoms with Gasteiger partial charge in [-0.05, 0) is 36.5 Å². The average Bonchev–Trinajstić information content (AvgIpc) is 2.72. The summed E-state index contributed by atoms with van der Waals surface area (Å²) in [5, 5.41) is 0.820. The Morgan fingerprint density at radius 2 is 2.00 bits per heavy atom. The molecular formula is C13H16Cl2. The molecule has 0 amide bonds. The van der Waals surface area contributed by atoms with Crippen molar-refractivity contribution in [3.05, 3.63) is 34.9 Å². The highest BCUT2D eigenvalue weighted by Crippen LogP contribution is 2.38. The number of hydrogen-bond donors (Lipinski definition) is 0. The maximum Gasteiger partial charge on any atom is 0.0408 e. The molecule has 0 aromatic heterocycles. The van der Waals surface area contributed by atoms with Crippen LogP contribution in [0.1, 0.15) is 37.2 Å². The second kappa shape index (κ2) is 5.23. The van der Waals surface area contributed by atoms with Crippen LogP contribution in [0.3, 0.4) is 0 Å². The van der Waals surface area contributed by atoms with E-state index >= 15 is 0 Å². The Morgan fingerprint density at radius 1 is 1.27 bits per heavy atom. The molecule has 1 aromatic carbocycles. The number of benzene rings is 1. The normalized spacial score (nSPS) is 19.3. The molecule has 0 N–H and O–H groups in total. The fourth-order valence-corrected chi connectivity index (χ4v) is 3.21. The van der Waals surface area contributed by atoms with Crippen LogP contribution in [0.15, 0.2) is 24.3 Å². The molecule has 1 atom stereocenters. The smallest absolute Gasteiger partial charge is 0.0408 e. The quantitative estimate of drug-likeness (QED) is 0.665. The maximum absolute atomic E-state index is 6.09. The van der Waals surface area contributed by atoms with Crippen molar-refractivity contribution < 1.29 is 0 Å². The Labute approximate surface area is 102 Å². The third-order valence-corrected chi connectivity index (χ3v) is 3.98. The van der Waals surface area contributed by atoms with Gasteiger partial charge in [-0.3, -0.25) is 0 Å². The maximum atomic E-state index is 6.09. The van der Waals surface area contributed by atoms with Gasteiger partial charge in [0.2, 0.25) is 0 Å². The van der Waals surface area contributed by atoms with Gasteiger partial charge in [-0.25, -0.2) is 0 Å². The van der Waals surface area contributed by atoms with Crippen LogP contribution < -0.4 is 0 Å². The van der Waals surface area contributed by atoms with E-state index in [1.165, 1.54) is 31.2 Å². The summed E-state index contributed by atoms with van der Waals surface area (Å²) in [4.78, 5) is 0. The first-order chi connectivity index (χ1) is 7.31. The van der Waals surface area contributed by atoms with Gasteiger partial charge in [0.1, 0.15) is 0 Å². The van der Waals surface area contributed by atoms with Gasteiger partial charge in [0.05, 0.1) is 0 Å². The van der Waals surface area contributed by atoms with Gasteiger partial charge in [0.15, 0.2) is 0 Å². The molecule has 0 nitrogen and oxygen atoms in total. The topological polar surface area (TPSA) is 0 Å². The van der Waals surface area contributed by atoms with E-state index in [-0.39, 0.29) is 0 Å². The number of rotatable bonds is 3. The molecule has 1 aliphatic carbocycles. The van der Waals surface area contributed by atoms with Gasteiger partial charge < -0.3 is 0 Å². The largest absolute Gasteiger partial charge is 0.126 e. The van der Waals surface area contributed by atoms with Crippen LogP contribution in [0.2, 0.25) is 5.02 Å². The lowest BCUT2D eigenvalue weighted by atomic mass is 9.86. The van der Waals surface area contributed by atoms with Gasteiger partial charge >= 0.3 is 0 Å². The minimum absolute atomic E-state index is 0.493. The van der Waals surface area contributed by atoms with Crippen LogP contribution >= 0.6 is 23.2 Å². The molecule has 0 radical (unpaired) electrons. The Hall–Kier alpha value is -0.200. The summed E-state index contributed by atoms with van der Waals surface area (Å²) in [6.45, 7) is 0. The monoisotopic (exact) mass is 242 g/mol. The van der Waals surface area contributed by atoms with Gasteiger partial charge in [0, 0.05) is 16.8 Å². The van der Waals surface area contributed by atoms with E-state index in [4.69, 9.17) is 23.2 Å². The molecule has 2 heteroatoms. The number of hydrogen-bond acceptors (Lipinski definition) is 0. The standard InChI is InChI=1S/C13H16Cl2/c14-9-13(10-4-1-2-5-10)11-6-3-7-12(15)8-11/h3,6-8,10,13H,1-2,4-5,9H2. The van der Waals surface area contributed by atoms with E-state index in [1.54, 1.807) is 0 Å². The molecule has 1 aliphatic rings. The van der Waals surface area contributed by atoms with Crippen molar-refractivity contribution in [2.45, 2.75) is 31.6 Å². The lowest BCUT2D eigenvalue weighted by Gasteiger charge is -2.21. The van der Waals surface area contributed by atoms with Crippen LogP contribution in [0.25, 0.3) is 0 Å². The molecule has 2 rings (SSSR count). The lowest BCUT2D eigenvalue weighted by molar-refractivity contribution is 0.464. The summed E-state index contributed by atoms with van der Waals surface area (Å²) in [6.07, 6.45) is 5.37. The van der Waals surface area contributed by atoms with Gasteiger partial charge in [-0.2, -0.15) is 0 Å². The fourth-order valence-electron chi connectivity index (χ4n) is 2.58. The Kier molecular flexibility index (Phi) is 3.93.